The van der Waals surface area contributed by atoms with Crippen molar-refractivity contribution < 1.29 is 13.5 Å². The zero-order valence-corrected chi connectivity index (χ0v) is 14.8. The molecular formula is C17H30N2O3S. The lowest BCUT2D eigenvalue weighted by Gasteiger charge is -2.57. The van der Waals surface area contributed by atoms with Crippen molar-refractivity contribution in [2.45, 2.75) is 51.4 Å². The van der Waals surface area contributed by atoms with Crippen molar-refractivity contribution in [1.82, 2.24) is 8.61 Å². The zero-order valence-electron chi connectivity index (χ0n) is 14.0. The summed E-state index contributed by atoms with van der Waals surface area (Å²) in [6.07, 6.45) is 9.66. The molecule has 1 heterocycles. The Balaban J connectivity index is 1.54. The summed E-state index contributed by atoms with van der Waals surface area (Å²) in [4.78, 5) is 0. The number of aliphatic hydroxyl groups excluding tert-OH is 1. The van der Waals surface area contributed by atoms with Crippen LogP contribution in [0.4, 0.5) is 0 Å². The van der Waals surface area contributed by atoms with Crippen molar-refractivity contribution in [1.29, 1.82) is 0 Å². The highest BCUT2D eigenvalue weighted by molar-refractivity contribution is 7.86. The molecule has 5 aliphatic rings. The first-order chi connectivity index (χ1) is 11.0. The van der Waals surface area contributed by atoms with Crippen molar-refractivity contribution in [3.8, 4) is 0 Å². The molecule has 0 atom stereocenters. The van der Waals surface area contributed by atoms with E-state index in [-0.39, 0.29) is 18.6 Å². The smallest absolute Gasteiger partial charge is 0.282 e. The zero-order chi connectivity index (χ0) is 16.1. The largest absolute Gasteiger partial charge is 0.395 e. The number of hydrogen-bond donors (Lipinski definition) is 1. The molecule has 5 rings (SSSR count). The Kier molecular flexibility index (Phi) is 4.23. The molecule has 132 valence electrons. The van der Waals surface area contributed by atoms with Crippen molar-refractivity contribution in [3.05, 3.63) is 0 Å². The molecule has 23 heavy (non-hydrogen) atoms. The molecule has 4 bridgehead atoms. The van der Waals surface area contributed by atoms with E-state index < -0.39 is 10.2 Å². The third kappa shape index (κ3) is 2.96. The summed E-state index contributed by atoms with van der Waals surface area (Å²) in [5, 5.41) is 9.43. The Hall–Kier alpha value is -0.170. The minimum Gasteiger partial charge on any atom is -0.395 e. The minimum atomic E-state index is -3.40. The van der Waals surface area contributed by atoms with Gasteiger partial charge in [-0.15, -0.1) is 0 Å². The average Bonchev–Trinajstić information content (AvgIpc) is 3.00. The van der Waals surface area contributed by atoms with Gasteiger partial charge in [0.1, 0.15) is 0 Å². The lowest BCUT2D eigenvalue weighted by atomic mass is 9.49. The fourth-order valence-electron chi connectivity index (χ4n) is 6.33. The van der Waals surface area contributed by atoms with Crippen molar-refractivity contribution in [2.75, 3.05) is 32.8 Å². The molecule has 0 aromatic rings. The van der Waals surface area contributed by atoms with Gasteiger partial charge in [-0.3, -0.25) is 0 Å². The van der Waals surface area contributed by atoms with Crippen LogP contribution < -0.4 is 0 Å². The number of nitrogens with zero attached hydrogens (tertiary/aromatic N) is 2. The SMILES string of the molecule is O=S(=O)(N1CCCC1)N(CCO)CC12CC3CC(CC(C3)C1)C2. The first-order valence-electron chi connectivity index (χ1n) is 9.37. The number of aliphatic hydroxyl groups is 1. The van der Waals surface area contributed by atoms with Crippen LogP contribution in [0.3, 0.4) is 0 Å². The molecule has 0 amide bonds. The number of hydrogen-bond acceptors (Lipinski definition) is 3. The fourth-order valence-corrected chi connectivity index (χ4v) is 8.12. The molecule has 4 saturated carbocycles. The Morgan fingerprint density at radius 3 is 2.00 bits per heavy atom. The van der Waals surface area contributed by atoms with Crippen LogP contribution in [0.25, 0.3) is 0 Å². The van der Waals surface area contributed by atoms with Gasteiger partial charge in [-0.2, -0.15) is 17.0 Å². The van der Waals surface area contributed by atoms with Gasteiger partial charge in [0, 0.05) is 26.2 Å². The van der Waals surface area contributed by atoms with Gasteiger partial charge in [0.15, 0.2) is 0 Å². The van der Waals surface area contributed by atoms with Crippen LogP contribution in [0.15, 0.2) is 0 Å². The monoisotopic (exact) mass is 342 g/mol. The van der Waals surface area contributed by atoms with Gasteiger partial charge in [0.25, 0.3) is 10.2 Å². The summed E-state index contributed by atoms with van der Waals surface area (Å²) in [6, 6.07) is 0. The van der Waals surface area contributed by atoms with E-state index in [4.69, 9.17) is 0 Å². The highest BCUT2D eigenvalue weighted by Gasteiger charge is 2.52. The standard InChI is InChI=1S/C17H30N2O3S/c20-6-5-19(23(21,22)18-3-1-2-4-18)13-17-10-14-7-15(11-17)9-16(8-14)12-17/h14-16,20H,1-13H2. The van der Waals surface area contributed by atoms with E-state index in [1.54, 1.807) is 8.61 Å². The first-order valence-corrected chi connectivity index (χ1v) is 10.8. The second-order valence-electron chi connectivity index (χ2n) is 8.59. The van der Waals surface area contributed by atoms with E-state index in [1.165, 1.54) is 38.5 Å². The highest BCUT2D eigenvalue weighted by Crippen LogP contribution is 2.60. The average molecular weight is 343 g/mol. The molecular weight excluding hydrogens is 312 g/mol. The minimum absolute atomic E-state index is 0.0839. The van der Waals surface area contributed by atoms with Crippen LogP contribution in [-0.2, 0) is 10.2 Å². The molecule has 0 aromatic heterocycles. The van der Waals surface area contributed by atoms with Gasteiger partial charge in [-0.25, -0.2) is 0 Å². The van der Waals surface area contributed by atoms with Crippen molar-refractivity contribution >= 4 is 10.2 Å². The Bertz CT molecular complexity index is 507. The van der Waals surface area contributed by atoms with Gasteiger partial charge < -0.3 is 5.11 Å². The lowest BCUT2D eigenvalue weighted by Crippen LogP contribution is -2.54. The third-order valence-corrected chi connectivity index (χ3v) is 8.73. The first kappa shape index (κ1) is 16.3. The predicted octanol–water partition coefficient (Wildman–Crippen LogP) is 1.84. The van der Waals surface area contributed by atoms with E-state index in [9.17, 15) is 13.5 Å². The molecule has 6 heteroatoms. The van der Waals surface area contributed by atoms with E-state index in [2.05, 4.69) is 0 Å². The molecule has 1 N–H and O–H groups in total. The summed E-state index contributed by atoms with van der Waals surface area (Å²) < 4.78 is 29.2. The maximum atomic E-state index is 13.0. The van der Waals surface area contributed by atoms with E-state index in [0.717, 1.165) is 30.6 Å². The van der Waals surface area contributed by atoms with E-state index >= 15 is 0 Å². The van der Waals surface area contributed by atoms with Crippen molar-refractivity contribution in [3.63, 3.8) is 0 Å². The molecule has 0 unspecified atom stereocenters. The molecule has 0 aromatic carbocycles. The molecule has 4 aliphatic carbocycles. The molecule has 0 radical (unpaired) electrons. The summed E-state index contributed by atoms with van der Waals surface area (Å²) in [5.74, 6) is 2.48. The maximum absolute atomic E-state index is 13.0. The second kappa shape index (κ2) is 5.97. The molecule has 5 fully saturated rings. The lowest BCUT2D eigenvalue weighted by molar-refractivity contribution is -0.0612. The quantitative estimate of drug-likeness (QED) is 0.801. The summed E-state index contributed by atoms with van der Waals surface area (Å²) in [6.45, 7) is 2.09. The normalized spacial score (nSPS) is 40.3. The van der Waals surface area contributed by atoms with Gasteiger partial charge in [-0.1, -0.05) is 0 Å². The predicted molar refractivity (Wildman–Crippen MR) is 89.0 cm³/mol. The Morgan fingerprint density at radius 1 is 1.00 bits per heavy atom. The maximum Gasteiger partial charge on any atom is 0.282 e. The summed E-state index contributed by atoms with van der Waals surface area (Å²) in [7, 11) is -3.40. The second-order valence-corrected chi connectivity index (χ2v) is 10.5. The van der Waals surface area contributed by atoms with Crippen LogP contribution in [0.2, 0.25) is 0 Å². The van der Waals surface area contributed by atoms with Crippen LogP contribution in [0, 0.1) is 23.2 Å². The van der Waals surface area contributed by atoms with Gasteiger partial charge in [-0.05, 0) is 74.5 Å². The Labute approximate surface area is 140 Å². The van der Waals surface area contributed by atoms with E-state index in [1.807, 2.05) is 0 Å². The molecule has 0 spiro atoms. The van der Waals surface area contributed by atoms with E-state index in [0.29, 0.717) is 19.6 Å². The van der Waals surface area contributed by atoms with Crippen LogP contribution in [-0.4, -0.2) is 54.9 Å². The van der Waals surface area contributed by atoms with Crippen LogP contribution in [0.5, 0.6) is 0 Å². The highest BCUT2D eigenvalue weighted by atomic mass is 32.2. The fraction of sp³-hybridized carbons (Fsp3) is 1.00. The summed E-state index contributed by atoms with van der Waals surface area (Å²) in [5.41, 5.74) is 0.191. The summed E-state index contributed by atoms with van der Waals surface area (Å²) >= 11 is 0. The molecule has 5 nitrogen and oxygen atoms in total. The van der Waals surface area contributed by atoms with Gasteiger partial charge in [0.05, 0.1) is 6.61 Å². The van der Waals surface area contributed by atoms with Gasteiger partial charge >= 0.3 is 0 Å². The van der Waals surface area contributed by atoms with Gasteiger partial charge in [0.2, 0.25) is 0 Å². The Morgan fingerprint density at radius 2 is 1.52 bits per heavy atom. The third-order valence-electron chi connectivity index (χ3n) is 6.74. The van der Waals surface area contributed by atoms with Crippen LogP contribution in [0.1, 0.15) is 51.4 Å². The van der Waals surface area contributed by atoms with Crippen LogP contribution >= 0.6 is 0 Å². The van der Waals surface area contributed by atoms with Crippen molar-refractivity contribution in [2.24, 2.45) is 23.2 Å². The molecule has 1 saturated heterocycles. The topological polar surface area (TPSA) is 60.9 Å². The number of rotatable bonds is 6. The molecule has 1 aliphatic heterocycles.